The van der Waals surface area contributed by atoms with Gasteiger partial charge >= 0.3 is 0 Å². The number of benzene rings is 1. The van der Waals surface area contributed by atoms with Crippen LogP contribution in [0.2, 0.25) is 0 Å². The minimum Gasteiger partial charge on any atom is -0.497 e. The van der Waals surface area contributed by atoms with E-state index >= 15 is 0 Å². The molecule has 0 atom stereocenters. The van der Waals surface area contributed by atoms with Gasteiger partial charge in [0.05, 0.1) is 19.9 Å². The minimum atomic E-state index is -0.173. The van der Waals surface area contributed by atoms with Crippen LogP contribution in [0.4, 0.5) is 17.5 Å². The van der Waals surface area contributed by atoms with Gasteiger partial charge in [-0.2, -0.15) is 4.98 Å². The van der Waals surface area contributed by atoms with Gasteiger partial charge in [0.2, 0.25) is 5.95 Å². The molecule has 0 aliphatic carbocycles. The van der Waals surface area contributed by atoms with Crippen molar-refractivity contribution in [2.24, 2.45) is 0 Å². The number of rotatable bonds is 6. The van der Waals surface area contributed by atoms with E-state index in [1.807, 2.05) is 36.4 Å². The summed E-state index contributed by atoms with van der Waals surface area (Å²) in [4.78, 5) is 13.4. The number of ether oxygens (including phenoxy) is 2. The predicted octanol–water partition coefficient (Wildman–Crippen LogP) is 4.51. The van der Waals surface area contributed by atoms with E-state index in [-0.39, 0.29) is 5.54 Å². The average molecular weight is 379 g/mol. The van der Waals surface area contributed by atoms with Gasteiger partial charge in [-0.15, -0.1) is 0 Å². The Bertz CT molecular complexity index is 917. The maximum atomic E-state index is 5.35. The van der Waals surface area contributed by atoms with E-state index in [0.717, 1.165) is 16.9 Å². The van der Waals surface area contributed by atoms with E-state index in [1.165, 1.54) is 0 Å². The number of hydrogen-bond donors (Lipinski definition) is 2. The van der Waals surface area contributed by atoms with Crippen LogP contribution < -0.4 is 20.1 Å². The smallest absolute Gasteiger partial charge is 0.225 e. The van der Waals surface area contributed by atoms with Gasteiger partial charge in [-0.05, 0) is 32.9 Å². The molecule has 0 fully saturated rings. The molecule has 0 aliphatic rings. The van der Waals surface area contributed by atoms with E-state index in [2.05, 4.69) is 46.4 Å². The van der Waals surface area contributed by atoms with Crippen molar-refractivity contribution in [1.82, 2.24) is 15.0 Å². The van der Waals surface area contributed by atoms with Crippen molar-refractivity contribution in [3.05, 3.63) is 48.8 Å². The molecule has 2 aromatic heterocycles. The van der Waals surface area contributed by atoms with Crippen LogP contribution in [-0.2, 0) is 0 Å². The second-order valence-electron chi connectivity index (χ2n) is 7.30. The Kier molecular flexibility index (Phi) is 5.63. The van der Waals surface area contributed by atoms with Gasteiger partial charge in [0, 0.05) is 53.4 Å². The van der Waals surface area contributed by atoms with E-state index in [4.69, 9.17) is 9.47 Å². The van der Waals surface area contributed by atoms with Crippen molar-refractivity contribution in [1.29, 1.82) is 0 Å². The molecule has 0 radical (unpaired) electrons. The van der Waals surface area contributed by atoms with Gasteiger partial charge in [-0.25, -0.2) is 4.98 Å². The summed E-state index contributed by atoms with van der Waals surface area (Å²) in [7, 11) is 3.24. The third-order valence-electron chi connectivity index (χ3n) is 3.81. The van der Waals surface area contributed by atoms with Crippen molar-refractivity contribution in [3.8, 4) is 22.8 Å². The summed E-state index contributed by atoms with van der Waals surface area (Å²) in [5, 5.41) is 6.66. The van der Waals surface area contributed by atoms with Gasteiger partial charge < -0.3 is 20.1 Å². The summed E-state index contributed by atoms with van der Waals surface area (Å²) >= 11 is 0. The molecule has 7 heteroatoms. The molecule has 1 aromatic carbocycles. The molecule has 0 bridgehead atoms. The maximum Gasteiger partial charge on any atom is 0.225 e. The summed E-state index contributed by atoms with van der Waals surface area (Å²) in [6.07, 6.45) is 3.49. The highest BCUT2D eigenvalue weighted by Gasteiger charge is 2.14. The number of methoxy groups -OCH3 is 2. The van der Waals surface area contributed by atoms with Crippen LogP contribution >= 0.6 is 0 Å². The Labute approximate surface area is 165 Å². The van der Waals surface area contributed by atoms with E-state index in [9.17, 15) is 0 Å². The van der Waals surface area contributed by atoms with Gasteiger partial charge in [-0.3, -0.25) is 4.98 Å². The molecule has 0 aliphatic heterocycles. The molecule has 0 amide bonds. The number of hydrogen-bond acceptors (Lipinski definition) is 7. The zero-order valence-electron chi connectivity index (χ0n) is 16.8. The standard InChI is InChI=1S/C21H25N5O2/c1-21(2,3)26-20-24-18(14-6-8-22-9-7-14)13-19(25-20)23-15-10-16(27-4)12-17(11-15)28-5/h6-13H,1-5H3,(H2,23,24,25,26). The van der Waals surface area contributed by atoms with Crippen LogP contribution in [0.1, 0.15) is 20.8 Å². The van der Waals surface area contributed by atoms with Crippen LogP contribution in [0.25, 0.3) is 11.3 Å². The lowest BCUT2D eigenvalue weighted by atomic mass is 10.1. The topological polar surface area (TPSA) is 81.2 Å². The fourth-order valence-electron chi connectivity index (χ4n) is 2.60. The van der Waals surface area contributed by atoms with Gasteiger partial charge in [0.25, 0.3) is 0 Å². The van der Waals surface area contributed by atoms with E-state index in [0.29, 0.717) is 23.3 Å². The zero-order valence-corrected chi connectivity index (χ0v) is 16.8. The van der Waals surface area contributed by atoms with Crippen LogP contribution in [0.3, 0.4) is 0 Å². The van der Waals surface area contributed by atoms with Crippen molar-refractivity contribution < 1.29 is 9.47 Å². The first-order chi connectivity index (χ1) is 13.4. The highest BCUT2D eigenvalue weighted by atomic mass is 16.5. The molecular formula is C21H25N5O2. The summed E-state index contributed by atoms with van der Waals surface area (Å²) in [6, 6.07) is 11.3. The third-order valence-corrected chi connectivity index (χ3v) is 3.81. The van der Waals surface area contributed by atoms with Gasteiger partial charge in [0.15, 0.2) is 0 Å². The largest absolute Gasteiger partial charge is 0.497 e. The number of pyridine rings is 1. The number of anilines is 3. The number of aromatic nitrogens is 3. The predicted molar refractivity (Wildman–Crippen MR) is 111 cm³/mol. The summed E-state index contributed by atoms with van der Waals surface area (Å²) in [5.74, 6) is 2.58. The van der Waals surface area contributed by atoms with Crippen molar-refractivity contribution in [3.63, 3.8) is 0 Å². The molecule has 146 valence electrons. The maximum absolute atomic E-state index is 5.35. The molecule has 2 heterocycles. The molecule has 3 aromatic rings. The minimum absolute atomic E-state index is 0.173. The third kappa shape index (κ3) is 5.09. The number of nitrogens with zero attached hydrogens (tertiary/aromatic N) is 3. The molecule has 28 heavy (non-hydrogen) atoms. The lowest BCUT2D eigenvalue weighted by Gasteiger charge is -2.21. The van der Waals surface area contributed by atoms with E-state index in [1.54, 1.807) is 26.6 Å². The van der Waals surface area contributed by atoms with Crippen LogP contribution in [-0.4, -0.2) is 34.7 Å². The Balaban J connectivity index is 2.01. The number of nitrogens with one attached hydrogen (secondary N) is 2. The van der Waals surface area contributed by atoms with Gasteiger partial charge in [-0.1, -0.05) is 0 Å². The molecule has 0 saturated carbocycles. The summed E-state index contributed by atoms with van der Waals surface area (Å²) < 4.78 is 10.7. The monoisotopic (exact) mass is 379 g/mol. The second kappa shape index (κ2) is 8.12. The average Bonchev–Trinajstić information content (AvgIpc) is 2.66. The quantitative estimate of drug-likeness (QED) is 0.652. The van der Waals surface area contributed by atoms with Crippen LogP contribution in [0, 0.1) is 0 Å². The lowest BCUT2D eigenvalue weighted by molar-refractivity contribution is 0.395. The zero-order chi connectivity index (χ0) is 20.1. The summed E-state index contributed by atoms with van der Waals surface area (Å²) in [6.45, 7) is 6.19. The van der Waals surface area contributed by atoms with Crippen LogP contribution in [0.15, 0.2) is 48.8 Å². The Morgan fingerprint density at radius 3 is 2.07 bits per heavy atom. The SMILES string of the molecule is COc1cc(Nc2cc(-c3ccncc3)nc(NC(C)(C)C)n2)cc(OC)c1. The molecule has 0 saturated heterocycles. The highest BCUT2D eigenvalue weighted by molar-refractivity contribution is 5.68. The molecule has 7 nitrogen and oxygen atoms in total. The Hall–Kier alpha value is -3.35. The van der Waals surface area contributed by atoms with Gasteiger partial charge in [0.1, 0.15) is 17.3 Å². The fraction of sp³-hybridized carbons (Fsp3) is 0.286. The van der Waals surface area contributed by atoms with Crippen molar-refractivity contribution >= 4 is 17.5 Å². The highest BCUT2D eigenvalue weighted by Crippen LogP contribution is 2.29. The Morgan fingerprint density at radius 1 is 0.857 bits per heavy atom. The molecule has 0 spiro atoms. The first-order valence-electron chi connectivity index (χ1n) is 8.94. The molecule has 0 unspecified atom stereocenters. The van der Waals surface area contributed by atoms with Crippen molar-refractivity contribution in [2.75, 3.05) is 24.9 Å². The van der Waals surface area contributed by atoms with E-state index < -0.39 is 0 Å². The second-order valence-corrected chi connectivity index (χ2v) is 7.30. The first kappa shape index (κ1) is 19.4. The van der Waals surface area contributed by atoms with Crippen LogP contribution in [0.5, 0.6) is 11.5 Å². The van der Waals surface area contributed by atoms with Crippen molar-refractivity contribution in [2.45, 2.75) is 26.3 Å². The molecular weight excluding hydrogens is 354 g/mol. The molecule has 2 N–H and O–H groups in total. The lowest BCUT2D eigenvalue weighted by Crippen LogP contribution is -2.27. The summed E-state index contributed by atoms with van der Waals surface area (Å²) in [5.41, 5.74) is 2.38. The first-order valence-corrected chi connectivity index (χ1v) is 8.94. The molecule has 3 rings (SSSR count). The Morgan fingerprint density at radius 2 is 1.50 bits per heavy atom. The fourth-order valence-corrected chi connectivity index (χ4v) is 2.60. The normalized spacial score (nSPS) is 11.0.